The maximum absolute atomic E-state index is 12.5. The van der Waals surface area contributed by atoms with Gasteiger partial charge in [-0.1, -0.05) is 0 Å². The molecule has 0 aliphatic carbocycles. The number of rotatable bonds is 3. The van der Waals surface area contributed by atoms with Crippen LogP contribution in [0.15, 0.2) is 58.0 Å². The number of hydrogen-bond donors (Lipinski definition) is 0. The third-order valence-corrected chi connectivity index (χ3v) is 3.39. The number of aryl methyl sites for hydroxylation is 1. The van der Waals surface area contributed by atoms with Crippen molar-refractivity contribution < 1.29 is 35.8 Å². The molecule has 0 bridgehead atoms. The van der Waals surface area contributed by atoms with Crippen LogP contribution in [0.4, 0.5) is 17.3 Å². The number of fused-ring (bicyclic) bond motifs is 1. The number of aromatic nitrogens is 1. The molecule has 1 aromatic carbocycles. The highest BCUT2D eigenvalue weighted by molar-refractivity contribution is 6.50. The Morgan fingerprint density at radius 3 is 2.41 bits per heavy atom. The molecule has 0 fully saturated rings. The average Bonchev–Trinajstić information content (AvgIpc) is 2.58. The molecule has 10 heteroatoms. The lowest BCUT2D eigenvalue weighted by atomic mass is 10.1. The Kier molecular flexibility index (Phi) is 5.99. The van der Waals surface area contributed by atoms with Gasteiger partial charge < -0.3 is 26.4 Å². The fourth-order valence-electron chi connectivity index (χ4n) is 2.25. The monoisotopic (exact) mass is 383 g/mol. The van der Waals surface area contributed by atoms with Crippen molar-refractivity contribution in [1.82, 2.24) is 0 Å². The summed E-state index contributed by atoms with van der Waals surface area (Å²) in [5.41, 5.74) is 0.186. The van der Waals surface area contributed by atoms with Gasteiger partial charge in [0.1, 0.15) is 23.9 Å². The Balaban J connectivity index is 0.000000465. The first-order valence-corrected chi connectivity index (χ1v) is 7.57. The number of methoxy groups -OCH3 is 1. The van der Waals surface area contributed by atoms with Crippen LogP contribution < -0.4 is 14.9 Å². The standard InChI is InChI=1S/C17H14NO4.BF4/c1-18-7-3-4-12(10-18)16(19)14-8-11-5-6-13(21-2)9-15(11)22-17(14)20;2-1(3,4)5/h3-10H,1-2H3;/q+1;-1. The van der Waals surface area contributed by atoms with E-state index in [1.807, 2.05) is 13.2 Å². The summed E-state index contributed by atoms with van der Waals surface area (Å²) in [6, 6.07) is 10.1. The molecule has 0 amide bonds. The topological polar surface area (TPSA) is 60.4 Å². The van der Waals surface area contributed by atoms with E-state index in [9.17, 15) is 26.9 Å². The molecule has 2 heterocycles. The summed E-state index contributed by atoms with van der Waals surface area (Å²) < 4.78 is 51.1. The second-order valence-corrected chi connectivity index (χ2v) is 5.43. The van der Waals surface area contributed by atoms with Crippen molar-refractivity contribution in [3.05, 3.63) is 70.3 Å². The molecule has 142 valence electrons. The van der Waals surface area contributed by atoms with E-state index in [4.69, 9.17) is 9.15 Å². The third kappa shape index (κ3) is 5.66. The summed E-state index contributed by atoms with van der Waals surface area (Å²) in [5.74, 6) is 0.229. The summed E-state index contributed by atoms with van der Waals surface area (Å²) in [4.78, 5) is 24.6. The second-order valence-electron chi connectivity index (χ2n) is 5.43. The van der Waals surface area contributed by atoms with Crippen LogP contribution in [0.3, 0.4) is 0 Å². The van der Waals surface area contributed by atoms with E-state index in [0.717, 1.165) is 0 Å². The van der Waals surface area contributed by atoms with E-state index in [2.05, 4.69) is 0 Å². The Morgan fingerprint density at radius 1 is 1.15 bits per heavy atom. The smallest absolute Gasteiger partial charge is 0.497 e. The number of pyridine rings is 1. The molecule has 0 aliphatic rings. The van der Waals surface area contributed by atoms with Crippen molar-refractivity contribution in [2.24, 2.45) is 7.05 Å². The number of carbonyl (C=O) groups excluding carboxylic acids is 1. The molecule has 3 rings (SSSR count). The van der Waals surface area contributed by atoms with Gasteiger partial charge in [0, 0.05) is 17.5 Å². The highest BCUT2D eigenvalue weighted by Gasteiger charge is 2.20. The van der Waals surface area contributed by atoms with Gasteiger partial charge >= 0.3 is 12.9 Å². The van der Waals surface area contributed by atoms with Crippen LogP contribution in [0.2, 0.25) is 0 Å². The molecule has 0 radical (unpaired) electrons. The van der Waals surface area contributed by atoms with E-state index in [0.29, 0.717) is 22.3 Å². The zero-order chi connectivity index (χ0) is 20.2. The van der Waals surface area contributed by atoms with Crippen LogP contribution >= 0.6 is 0 Å². The van der Waals surface area contributed by atoms with Crippen LogP contribution in [0.1, 0.15) is 15.9 Å². The minimum Gasteiger partial charge on any atom is -0.497 e. The Morgan fingerprint density at radius 2 is 1.81 bits per heavy atom. The summed E-state index contributed by atoms with van der Waals surface area (Å²) in [6.45, 7) is 0. The summed E-state index contributed by atoms with van der Waals surface area (Å²) in [6.07, 6.45) is 3.48. The zero-order valence-electron chi connectivity index (χ0n) is 14.3. The predicted molar refractivity (Wildman–Crippen MR) is 90.3 cm³/mol. The van der Waals surface area contributed by atoms with E-state index >= 15 is 0 Å². The third-order valence-electron chi connectivity index (χ3n) is 3.39. The fraction of sp³-hybridized carbons (Fsp3) is 0.118. The molecule has 5 nitrogen and oxygen atoms in total. The first-order valence-electron chi connectivity index (χ1n) is 7.57. The van der Waals surface area contributed by atoms with Crippen molar-refractivity contribution in [1.29, 1.82) is 0 Å². The van der Waals surface area contributed by atoms with Crippen LogP contribution in [0.25, 0.3) is 11.0 Å². The second kappa shape index (κ2) is 8.02. The molecule has 0 spiro atoms. The quantitative estimate of drug-likeness (QED) is 0.229. The van der Waals surface area contributed by atoms with Gasteiger partial charge in [-0.2, -0.15) is 0 Å². The van der Waals surface area contributed by atoms with Gasteiger partial charge in [0.25, 0.3) is 0 Å². The Labute approximate surface area is 150 Å². The maximum atomic E-state index is 12.5. The van der Waals surface area contributed by atoms with E-state index in [-0.39, 0.29) is 11.3 Å². The van der Waals surface area contributed by atoms with E-state index in [1.165, 1.54) is 7.11 Å². The average molecular weight is 383 g/mol. The molecule has 0 saturated heterocycles. The molecule has 3 aromatic rings. The largest absolute Gasteiger partial charge is 0.673 e. The molecule has 0 atom stereocenters. The minimum absolute atomic E-state index is 0.0175. The number of halogens is 4. The van der Waals surface area contributed by atoms with Crippen molar-refractivity contribution in [2.45, 2.75) is 0 Å². The van der Waals surface area contributed by atoms with Gasteiger partial charge in [0.05, 0.1) is 12.7 Å². The first kappa shape index (κ1) is 20.2. The predicted octanol–water partition coefficient (Wildman–Crippen LogP) is 3.16. The number of ether oxygens (including phenoxy) is 1. The number of benzene rings is 1. The zero-order valence-corrected chi connectivity index (χ0v) is 14.3. The molecule has 2 aromatic heterocycles. The lowest BCUT2D eigenvalue weighted by molar-refractivity contribution is -0.671. The Bertz CT molecular complexity index is 1030. The van der Waals surface area contributed by atoms with Crippen molar-refractivity contribution in [3.8, 4) is 5.75 Å². The highest BCUT2D eigenvalue weighted by Crippen LogP contribution is 2.20. The Hall–Kier alpha value is -3.17. The van der Waals surface area contributed by atoms with Gasteiger partial charge in [-0.15, -0.1) is 0 Å². The summed E-state index contributed by atoms with van der Waals surface area (Å²) in [5, 5.41) is 0.670. The number of ketones is 1. The van der Waals surface area contributed by atoms with E-state index in [1.54, 1.807) is 47.2 Å². The number of hydrogen-bond acceptors (Lipinski definition) is 4. The van der Waals surface area contributed by atoms with Crippen molar-refractivity contribution in [2.75, 3.05) is 7.11 Å². The SMILES string of the molecule is COc1ccc2cc(C(=O)c3ccc[n+](C)c3)c(=O)oc2c1.F[B-](F)(F)F. The van der Waals surface area contributed by atoms with Gasteiger partial charge in [-0.3, -0.25) is 4.79 Å². The molecule has 0 aliphatic heterocycles. The lowest BCUT2D eigenvalue weighted by Crippen LogP contribution is -2.28. The number of nitrogens with zero attached hydrogens (tertiary/aromatic N) is 1. The first-order chi connectivity index (χ1) is 12.6. The van der Waals surface area contributed by atoms with Gasteiger partial charge in [-0.25, -0.2) is 9.36 Å². The molecule has 0 unspecified atom stereocenters. The van der Waals surface area contributed by atoms with Crippen LogP contribution in [-0.4, -0.2) is 20.1 Å². The van der Waals surface area contributed by atoms with Crippen LogP contribution in [0.5, 0.6) is 5.75 Å². The summed E-state index contributed by atoms with van der Waals surface area (Å²) >= 11 is 0. The van der Waals surface area contributed by atoms with E-state index < -0.39 is 12.9 Å². The molecule has 0 N–H and O–H groups in total. The fourth-order valence-corrected chi connectivity index (χ4v) is 2.25. The lowest BCUT2D eigenvalue weighted by Gasteiger charge is -2.03. The minimum atomic E-state index is -6.00. The van der Waals surface area contributed by atoms with Crippen LogP contribution in [-0.2, 0) is 7.05 Å². The molecular weight excluding hydrogens is 369 g/mol. The molecule has 0 saturated carbocycles. The molecule has 27 heavy (non-hydrogen) atoms. The van der Waals surface area contributed by atoms with Gasteiger partial charge in [0.15, 0.2) is 12.4 Å². The summed E-state index contributed by atoms with van der Waals surface area (Å²) in [7, 11) is -2.65. The normalized spacial score (nSPS) is 10.9. The van der Waals surface area contributed by atoms with Crippen molar-refractivity contribution in [3.63, 3.8) is 0 Å². The van der Waals surface area contributed by atoms with Gasteiger partial charge in [-0.05, 0) is 24.3 Å². The highest BCUT2D eigenvalue weighted by atomic mass is 19.5. The maximum Gasteiger partial charge on any atom is 0.673 e. The van der Waals surface area contributed by atoms with Gasteiger partial charge in [0.2, 0.25) is 5.78 Å². The number of carbonyl (C=O) groups is 1. The van der Waals surface area contributed by atoms with Crippen LogP contribution in [0, 0.1) is 0 Å². The van der Waals surface area contributed by atoms with Crippen molar-refractivity contribution >= 4 is 24.0 Å². The molecular formula is C17H14BF4NO4.